The van der Waals surface area contributed by atoms with E-state index in [1.54, 1.807) is 23.2 Å². The minimum Gasteiger partial charge on any atom is -0.394 e. The molecular formula is C16H21N3O2. The summed E-state index contributed by atoms with van der Waals surface area (Å²) in [6.45, 7) is 0.985. The van der Waals surface area contributed by atoms with E-state index < -0.39 is 0 Å². The molecule has 3 N–H and O–H groups in total. The molecule has 0 aliphatic carbocycles. The molecule has 0 bridgehead atoms. The molecule has 2 heterocycles. The Bertz CT molecular complexity index is 531. The van der Waals surface area contributed by atoms with Gasteiger partial charge in [0.05, 0.1) is 19.2 Å². The van der Waals surface area contributed by atoms with E-state index in [9.17, 15) is 9.90 Å². The van der Waals surface area contributed by atoms with Crippen LogP contribution in [0.5, 0.6) is 0 Å². The number of rotatable bonds is 2. The molecule has 1 atom stereocenters. The first-order valence-electron chi connectivity index (χ1n) is 7.33. The Kier molecular flexibility index (Phi) is 5.73. The van der Waals surface area contributed by atoms with Gasteiger partial charge in [-0.2, -0.15) is 0 Å². The fourth-order valence-electron chi connectivity index (χ4n) is 2.53. The van der Waals surface area contributed by atoms with Crippen LogP contribution >= 0.6 is 0 Å². The van der Waals surface area contributed by atoms with Crippen LogP contribution in [-0.2, 0) is 0 Å². The van der Waals surface area contributed by atoms with Crippen LogP contribution in [0.4, 0.5) is 0 Å². The van der Waals surface area contributed by atoms with Crippen LogP contribution in [0.15, 0.2) is 18.3 Å². The van der Waals surface area contributed by atoms with E-state index in [2.05, 4.69) is 16.8 Å². The normalized spacial score (nSPS) is 18.6. The van der Waals surface area contributed by atoms with Gasteiger partial charge in [0.25, 0.3) is 5.91 Å². The number of hydrogen-bond donors (Lipinski definition) is 2. The number of aliphatic hydroxyl groups excluding tert-OH is 1. The van der Waals surface area contributed by atoms with E-state index in [0.717, 1.165) is 31.2 Å². The highest BCUT2D eigenvalue weighted by Gasteiger charge is 2.26. The Hall–Kier alpha value is -1.90. The first-order valence-corrected chi connectivity index (χ1v) is 7.33. The van der Waals surface area contributed by atoms with E-state index in [1.807, 2.05) is 0 Å². The fraction of sp³-hybridized carbons (Fsp3) is 0.500. The highest BCUT2D eigenvalue weighted by Crippen LogP contribution is 2.18. The maximum absolute atomic E-state index is 12.5. The van der Waals surface area contributed by atoms with E-state index in [0.29, 0.717) is 18.8 Å². The zero-order chi connectivity index (χ0) is 15.1. The molecule has 0 spiro atoms. The summed E-state index contributed by atoms with van der Waals surface area (Å²) in [7, 11) is 0. The lowest BCUT2D eigenvalue weighted by atomic mass is 10.1. The van der Waals surface area contributed by atoms with Crippen molar-refractivity contribution in [2.24, 2.45) is 5.73 Å². The van der Waals surface area contributed by atoms with Crippen molar-refractivity contribution in [1.82, 2.24) is 9.88 Å². The van der Waals surface area contributed by atoms with Crippen molar-refractivity contribution in [3.05, 3.63) is 29.6 Å². The number of pyridine rings is 1. The molecule has 112 valence electrons. The Balaban J connectivity index is 2.14. The van der Waals surface area contributed by atoms with Crippen LogP contribution in [0.1, 0.15) is 41.7 Å². The Morgan fingerprint density at radius 1 is 1.43 bits per heavy atom. The zero-order valence-electron chi connectivity index (χ0n) is 12.1. The number of nitrogens with two attached hydrogens (primary N) is 1. The number of aliphatic hydroxyl groups is 1. The van der Waals surface area contributed by atoms with Gasteiger partial charge in [0.15, 0.2) is 0 Å². The van der Waals surface area contributed by atoms with E-state index in [-0.39, 0.29) is 18.6 Å². The van der Waals surface area contributed by atoms with Crippen molar-refractivity contribution < 1.29 is 9.90 Å². The number of carbonyl (C=O) groups excluding carboxylic acids is 1. The molecular weight excluding hydrogens is 266 g/mol. The standard InChI is InChI=1S/C16H21N3O2/c17-9-4-5-13-7-8-15(18-11-13)16(21)19-10-3-1-2-6-14(19)12-20/h7-8,11,14,20H,1-3,6,9-10,12,17H2. The van der Waals surface area contributed by atoms with Gasteiger partial charge in [0.1, 0.15) is 5.69 Å². The van der Waals surface area contributed by atoms with Gasteiger partial charge in [0, 0.05) is 18.3 Å². The van der Waals surface area contributed by atoms with Gasteiger partial charge in [-0.05, 0) is 25.0 Å². The average molecular weight is 287 g/mol. The molecule has 1 aliphatic rings. The fourth-order valence-corrected chi connectivity index (χ4v) is 2.53. The summed E-state index contributed by atoms with van der Waals surface area (Å²) in [5.41, 5.74) is 6.46. The van der Waals surface area contributed by atoms with Crippen LogP contribution in [0, 0.1) is 11.8 Å². The SMILES string of the molecule is NCC#Cc1ccc(C(=O)N2CCCCCC2CO)nc1. The summed E-state index contributed by atoms with van der Waals surface area (Å²) >= 11 is 0. The van der Waals surface area contributed by atoms with Crippen LogP contribution < -0.4 is 5.73 Å². The van der Waals surface area contributed by atoms with Crippen LogP contribution in [0.3, 0.4) is 0 Å². The molecule has 2 rings (SSSR count). The molecule has 0 saturated carbocycles. The Labute approximate surface area is 125 Å². The van der Waals surface area contributed by atoms with Gasteiger partial charge in [-0.3, -0.25) is 4.79 Å². The molecule has 1 unspecified atom stereocenters. The Morgan fingerprint density at radius 2 is 2.29 bits per heavy atom. The lowest BCUT2D eigenvalue weighted by Crippen LogP contribution is -2.42. The number of carbonyl (C=O) groups is 1. The third-order valence-electron chi connectivity index (χ3n) is 3.67. The number of nitrogens with zero attached hydrogens (tertiary/aromatic N) is 2. The molecule has 5 nitrogen and oxygen atoms in total. The second-order valence-electron chi connectivity index (χ2n) is 5.12. The minimum atomic E-state index is -0.116. The lowest BCUT2D eigenvalue weighted by molar-refractivity contribution is 0.0594. The van der Waals surface area contributed by atoms with Crippen molar-refractivity contribution in [2.75, 3.05) is 19.7 Å². The topological polar surface area (TPSA) is 79.5 Å². The van der Waals surface area contributed by atoms with Gasteiger partial charge >= 0.3 is 0 Å². The number of amides is 1. The molecule has 1 saturated heterocycles. The predicted octanol–water partition coefficient (Wildman–Crippen LogP) is 0.769. The third kappa shape index (κ3) is 4.03. The Morgan fingerprint density at radius 3 is 2.95 bits per heavy atom. The largest absolute Gasteiger partial charge is 0.394 e. The second-order valence-corrected chi connectivity index (χ2v) is 5.12. The van der Waals surface area contributed by atoms with Crippen molar-refractivity contribution >= 4 is 5.91 Å². The third-order valence-corrected chi connectivity index (χ3v) is 3.67. The summed E-state index contributed by atoms with van der Waals surface area (Å²) in [5.74, 6) is 5.51. The van der Waals surface area contributed by atoms with Gasteiger partial charge in [-0.1, -0.05) is 24.7 Å². The number of likely N-dealkylation sites (tertiary alicyclic amines) is 1. The van der Waals surface area contributed by atoms with Gasteiger partial charge in [-0.25, -0.2) is 4.98 Å². The second kappa shape index (κ2) is 7.77. The molecule has 1 aliphatic heterocycles. The lowest BCUT2D eigenvalue weighted by Gasteiger charge is -2.28. The van der Waals surface area contributed by atoms with Gasteiger partial charge < -0.3 is 15.7 Å². The average Bonchev–Trinajstić information content (AvgIpc) is 2.78. The van der Waals surface area contributed by atoms with Crippen molar-refractivity contribution in [3.63, 3.8) is 0 Å². The predicted molar refractivity (Wildman–Crippen MR) is 80.5 cm³/mol. The number of aromatic nitrogens is 1. The highest BCUT2D eigenvalue weighted by molar-refractivity contribution is 5.92. The summed E-state index contributed by atoms with van der Waals surface area (Å²) in [6.07, 6.45) is 5.56. The molecule has 1 amide bonds. The summed E-state index contributed by atoms with van der Waals surface area (Å²) in [5, 5.41) is 9.48. The van der Waals surface area contributed by atoms with Crippen LogP contribution in [0.2, 0.25) is 0 Å². The molecule has 21 heavy (non-hydrogen) atoms. The molecule has 1 fully saturated rings. The summed E-state index contributed by atoms with van der Waals surface area (Å²) in [4.78, 5) is 18.5. The van der Waals surface area contributed by atoms with Gasteiger partial charge in [0.2, 0.25) is 0 Å². The van der Waals surface area contributed by atoms with Crippen LogP contribution in [0.25, 0.3) is 0 Å². The smallest absolute Gasteiger partial charge is 0.272 e. The maximum Gasteiger partial charge on any atom is 0.272 e. The molecule has 5 heteroatoms. The van der Waals surface area contributed by atoms with Crippen LogP contribution in [-0.4, -0.2) is 46.6 Å². The summed E-state index contributed by atoms with van der Waals surface area (Å²) in [6, 6.07) is 3.36. The van der Waals surface area contributed by atoms with Crippen molar-refractivity contribution in [1.29, 1.82) is 0 Å². The van der Waals surface area contributed by atoms with E-state index >= 15 is 0 Å². The zero-order valence-corrected chi connectivity index (χ0v) is 12.1. The van der Waals surface area contributed by atoms with Crippen molar-refractivity contribution in [2.45, 2.75) is 31.7 Å². The first kappa shape index (κ1) is 15.5. The summed E-state index contributed by atoms with van der Waals surface area (Å²) < 4.78 is 0. The quantitative estimate of drug-likeness (QED) is 0.787. The first-order chi connectivity index (χ1) is 10.3. The monoisotopic (exact) mass is 287 g/mol. The molecule has 0 radical (unpaired) electrons. The highest BCUT2D eigenvalue weighted by atomic mass is 16.3. The van der Waals surface area contributed by atoms with Gasteiger partial charge in [-0.15, -0.1) is 0 Å². The molecule has 1 aromatic rings. The minimum absolute atomic E-state index is 0.00575. The molecule has 1 aromatic heterocycles. The van der Waals surface area contributed by atoms with E-state index in [1.165, 1.54) is 0 Å². The number of hydrogen-bond acceptors (Lipinski definition) is 4. The van der Waals surface area contributed by atoms with E-state index in [4.69, 9.17) is 5.73 Å². The molecule has 0 aromatic carbocycles. The van der Waals surface area contributed by atoms with Crippen molar-refractivity contribution in [3.8, 4) is 11.8 Å². The maximum atomic E-state index is 12.5.